The van der Waals surface area contributed by atoms with Crippen molar-refractivity contribution in [2.24, 2.45) is 0 Å². The van der Waals surface area contributed by atoms with Crippen LogP contribution in [0.5, 0.6) is 0 Å². The zero-order valence-electron chi connectivity index (χ0n) is 9.00. The van der Waals surface area contributed by atoms with Crippen molar-refractivity contribution in [3.05, 3.63) is 34.2 Å². The van der Waals surface area contributed by atoms with Crippen LogP contribution in [0.3, 0.4) is 0 Å². The summed E-state index contributed by atoms with van der Waals surface area (Å²) in [5.41, 5.74) is 7.78. The summed E-state index contributed by atoms with van der Waals surface area (Å²) in [5, 5.41) is 1.12. The molecule has 0 unspecified atom stereocenters. The molecule has 1 aromatic carbocycles. The van der Waals surface area contributed by atoms with E-state index >= 15 is 0 Å². The molecule has 0 atom stereocenters. The van der Waals surface area contributed by atoms with Crippen molar-refractivity contribution in [3.63, 3.8) is 0 Å². The number of hydrogen-bond donors (Lipinski definition) is 1. The Bertz CT molecular complexity index is 698. The fourth-order valence-corrected chi connectivity index (χ4v) is 2.32. The first-order chi connectivity index (χ1) is 8.70. The SMILES string of the molecule is Nc1ccc2nc(Sc3ncc(I)cn3)oc2c1. The summed E-state index contributed by atoms with van der Waals surface area (Å²) >= 11 is 3.44. The third-order valence-electron chi connectivity index (χ3n) is 2.17. The van der Waals surface area contributed by atoms with Gasteiger partial charge in [-0.15, -0.1) is 0 Å². The van der Waals surface area contributed by atoms with Gasteiger partial charge in [0.25, 0.3) is 5.22 Å². The highest BCUT2D eigenvalue weighted by Crippen LogP contribution is 2.28. The van der Waals surface area contributed by atoms with Gasteiger partial charge in [-0.05, 0) is 34.7 Å². The van der Waals surface area contributed by atoms with Crippen LogP contribution in [0, 0.1) is 3.57 Å². The normalized spacial score (nSPS) is 10.9. The van der Waals surface area contributed by atoms with Gasteiger partial charge in [-0.25, -0.2) is 15.0 Å². The van der Waals surface area contributed by atoms with Crippen molar-refractivity contribution in [2.75, 3.05) is 5.73 Å². The number of fused-ring (bicyclic) bond motifs is 1. The van der Waals surface area contributed by atoms with E-state index in [9.17, 15) is 0 Å². The molecule has 0 fully saturated rings. The highest BCUT2D eigenvalue weighted by molar-refractivity contribution is 14.1. The molecule has 0 amide bonds. The third kappa shape index (κ3) is 2.41. The molecule has 0 bridgehead atoms. The Morgan fingerprint density at radius 1 is 1.22 bits per heavy atom. The number of benzene rings is 1. The van der Waals surface area contributed by atoms with Crippen LogP contribution in [-0.4, -0.2) is 15.0 Å². The zero-order chi connectivity index (χ0) is 12.5. The number of aromatic nitrogens is 3. The first-order valence-electron chi connectivity index (χ1n) is 5.02. The Morgan fingerprint density at radius 2 is 2.00 bits per heavy atom. The number of rotatable bonds is 2. The highest BCUT2D eigenvalue weighted by atomic mass is 127. The van der Waals surface area contributed by atoms with Gasteiger partial charge in [0.1, 0.15) is 5.52 Å². The van der Waals surface area contributed by atoms with E-state index in [0.717, 1.165) is 9.09 Å². The first-order valence-corrected chi connectivity index (χ1v) is 6.92. The van der Waals surface area contributed by atoms with Gasteiger partial charge in [0.05, 0.1) is 0 Å². The van der Waals surface area contributed by atoms with Crippen LogP contribution in [0.25, 0.3) is 11.1 Å². The molecule has 90 valence electrons. The van der Waals surface area contributed by atoms with Crippen LogP contribution in [0.2, 0.25) is 0 Å². The highest BCUT2D eigenvalue weighted by Gasteiger charge is 2.09. The summed E-state index contributed by atoms with van der Waals surface area (Å²) in [6.45, 7) is 0. The topological polar surface area (TPSA) is 77.8 Å². The fourth-order valence-electron chi connectivity index (χ4n) is 1.39. The smallest absolute Gasteiger partial charge is 0.264 e. The summed E-state index contributed by atoms with van der Waals surface area (Å²) in [6.07, 6.45) is 3.49. The number of nitrogen functional groups attached to an aromatic ring is 1. The Morgan fingerprint density at radius 3 is 2.78 bits per heavy atom. The molecule has 5 nitrogen and oxygen atoms in total. The molecule has 18 heavy (non-hydrogen) atoms. The molecule has 0 aliphatic rings. The molecule has 3 rings (SSSR count). The Hall–Kier alpha value is -1.35. The molecule has 0 aliphatic heterocycles. The number of nitrogens with zero attached hydrogens (tertiary/aromatic N) is 3. The number of halogens is 1. The van der Waals surface area contributed by atoms with E-state index in [0.29, 0.717) is 21.6 Å². The molecule has 3 aromatic rings. The lowest BCUT2D eigenvalue weighted by Crippen LogP contribution is -1.85. The minimum Gasteiger partial charge on any atom is -0.431 e. The maximum Gasteiger partial charge on any atom is 0.264 e. The minimum atomic E-state index is 0.511. The van der Waals surface area contributed by atoms with Gasteiger partial charge in [-0.2, -0.15) is 0 Å². The van der Waals surface area contributed by atoms with Gasteiger partial charge in [-0.1, -0.05) is 0 Å². The number of nitrogens with two attached hydrogens (primary N) is 1. The van der Waals surface area contributed by atoms with Crippen LogP contribution >= 0.6 is 34.4 Å². The van der Waals surface area contributed by atoms with Crippen molar-refractivity contribution in [2.45, 2.75) is 10.4 Å². The molecular weight excluding hydrogens is 363 g/mol. The van der Waals surface area contributed by atoms with Gasteiger partial charge < -0.3 is 10.2 Å². The lowest BCUT2D eigenvalue weighted by molar-refractivity contribution is 0.489. The van der Waals surface area contributed by atoms with E-state index in [4.69, 9.17) is 10.2 Å². The van der Waals surface area contributed by atoms with Gasteiger partial charge in [-0.3, -0.25) is 0 Å². The summed E-state index contributed by atoms with van der Waals surface area (Å²) in [5.74, 6) is 0. The van der Waals surface area contributed by atoms with E-state index in [1.165, 1.54) is 11.8 Å². The van der Waals surface area contributed by atoms with Gasteiger partial charge in [0.15, 0.2) is 10.7 Å². The standard InChI is InChI=1S/C11H7IN4OS/c12-6-4-14-10(15-5-6)18-11-16-8-2-1-7(13)3-9(8)17-11/h1-5H,13H2. The molecule has 7 heteroatoms. The van der Waals surface area contributed by atoms with Crippen LogP contribution < -0.4 is 5.73 Å². The maximum absolute atomic E-state index is 5.68. The van der Waals surface area contributed by atoms with E-state index in [1.54, 1.807) is 24.5 Å². The second-order valence-corrected chi connectivity index (χ2v) is 5.66. The third-order valence-corrected chi connectivity index (χ3v) is 3.47. The summed E-state index contributed by atoms with van der Waals surface area (Å²) in [6, 6.07) is 5.37. The average molecular weight is 370 g/mol. The van der Waals surface area contributed by atoms with E-state index in [1.807, 2.05) is 6.07 Å². The van der Waals surface area contributed by atoms with Crippen molar-refractivity contribution in [1.29, 1.82) is 0 Å². The average Bonchev–Trinajstić information content (AvgIpc) is 2.73. The van der Waals surface area contributed by atoms with E-state index in [-0.39, 0.29) is 0 Å². The minimum absolute atomic E-state index is 0.511. The van der Waals surface area contributed by atoms with Crippen LogP contribution in [0.15, 0.2) is 45.4 Å². The lowest BCUT2D eigenvalue weighted by Gasteiger charge is -1.94. The molecule has 2 heterocycles. The first kappa shape index (κ1) is 11.7. The zero-order valence-corrected chi connectivity index (χ0v) is 12.0. The Kier molecular flexibility index (Phi) is 3.08. The van der Waals surface area contributed by atoms with Crippen molar-refractivity contribution >= 4 is 51.1 Å². The molecule has 0 saturated heterocycles. The Balaban J connectivity index is 1.92. The van der Waals surface area contributed by atoms with E-state index < -0.39 is 0 Å². The van der Waals surface area contributed by atoms with Crippen LogP contribution in [0.1, 0.15) is 0 Å². The van der Waals surface area contributed by atoms with Crippen LogP contribution in [-0.2, 0) is 0 Å². The van der Waals surface area contributed by atoms with Crippen molar-refractivity contribution in [1.82, 2.24) is 15.0 Å². The quantitative estimate of drug-likeness (QED) is 0.425. The lowest BCUT2D eigenvalue weighted by atomic mass is 10.3. The largest absolute Gasteiger partial charge is 0.431 e. The molecule has 0 aliphatic carbocycles. The monoisotopic (exact) mass is 370 g/mol. The number of anilines is 1. The molecule has 0 spiro atoms. The van der Waals surface area contributed by atoms with Crippen LogP contribution in [0.4, 0.5) is 5.69 Å². The predicted molar refractivity (Wildman–Crippen MR) is 77.3 cm³/mol. The second kappa shape index (κ2) is 4.73. The fraction of sp³-hybridized carbons (Fsp3) is 0. The van der Waals surface area contributed by atoms with E-state index in [2.05, 4.69) is 37.5 Å². The van der Waals surface area contributed by atoms with Gasteiger partial charge in [0, 0.05) is 39.5 Å². The summed E-state index contributed by atoms with van der Waals surface area (Å²) in [4.78, 5) is 12.7. The summed E-state index contributed by atoms with van der Waals surface area (Å²) in [7, 11) is 0. The van der Waals surface area contributed by atoms with Crippen molar-refractivity contribution < 1.29 is 4.42 Å². The number of hydrogen-bond acceptors (Lipinski definition) is 6. The molecule has 0 saturated carbocycles. The van der Waals surface area contributed by atoms with Gasteiger partial charge in [0.2, 0.25) is 0 Å². The molecule has 0 radical (unpaired) electrons. The summed E-state index contributed by atoms with van der Waals surface area (Å²) < 4.78 is 6.56. The molecule has 2 N–H and O–H groups in total. The maximum atomic E-state index is 5.68. The van der Waals surface area contributed by atoms with Gasteiger partial charge >= 0.3 is 0 Å². The second-order valence-electron chi connectivity index (χ2n) is 3.49. The predicted octanol–water partition coefficient (Wildman–Crippen LogP) is 2.96. The van der Waals surface area contributed by atoms with Crippen molar-refractivity contribution in [3.8, 4) is 0 Å². The molecule has 2 aromatic heterocycles. The number of oxazole rings is 1. The molecular formula is C11H7IN4OS. The Labute approximate surface area is 120 Å².